The van der Waals surface area contributed by atoms with Crippen molar-refractivity contribution in [3.63, 3.8) is 0 Å². The number of carbonyl (C=O) groups is 3. The van der Waals surface area contributed by atoms with E-state index >= 15 is 0 Å². The van der Waals surface area contributed by atoms with Gasteiger partial charge in [-0.05, 0) is 146 Å². The fourth-order valence-corrected chi connectivity index (χ4v) is 5.76. The lowest BCUT2D eigenvalue weighted by molar-refractivity contribution is -0.120. The maximum absolute atomic E-state index is 11.9. The van der Waals surface area contributed by atoms with Gasteiger partial charge in [-0.3, -0.25) is 14.4 Å². The summed E-state index contributed by atoms with van der Waals surface area (Å²) in [5.41, 5.74) is 16.4. The highest BCUT2D eigenvalue weighted by atomic mass is 16.3. The minimum Gasteiger partial charge on any atom is -0.392 e. The molecule has 2 atom stereocenters. The number of carbonyl (C=O) groups excluding carboxylic acids is 3. The molecule has 3 rings (SSSR count). The average molecular weight is 1140 g/mol. The maximum atomic E-state index is 11.9. The number of amides is 2. The zero-order valence-corrected chi connectivity index (χ0v) is 46.9. The number of rotatable bonds is 23. The van der Waals surface area contributed by atoms with Gasteiger partial charge in [-0.2, -0.15) is 42.1 Å². The summed E-state index contributed by atoms with van der Waals surface area (Å²) in [6.45, 7) is 10.4. The Bertz CT molecular complexity index is 3090. The van der Waals surface area contributed by atoms with E-state index in [1.54, 1.807) is 62.9 Å². The molecule has 0 aliphatic heterocycles. The van der Waals surface area contributed by atoms with Gasteiger partial charge in [-0.15, -0.1) is 5.53 Å². The summed E-state index contributed by atoms with van der Waals surface area (Å²) in [4.78, 5) is 40.7. The minimum atomic E-state index is -0.689. The Kier molecular flexibility index (Phi) is 54.0. The number of para-hydroxylation sites is 1. The number of hydrogen-bond donors (Lipinski definition) is 5. The Balaban J connectivity index is -0.000000186. The molecule has 84 heavy (non-hydrogen) atoms. The van der Waals surface area contributed by atoms with Crippen LogP contribution in [0.15, 0.2) is 84.4 Å². The Morgan fingerprint density at radius 2 is 0.881 bits per heavy atom. The van der Waals surface area contributed by atoms with Gasteiger partial charge in [0.05, 0.1) is 93.2 Å². The zero-order chi connectivity index (χ0) is 62.6. The lowest BCUT2D eigenvalue weighted by Gasteiger charge is -2.22. The molecule has 0 saturated carbocycles. The number of aldehydes is 1. The van der Waals surface area contributed by atoms with Crippen LogP contribution in [-0.2, 0) is 9.59 Å². The van der Waals surface area contributed by atoms with Crippen LogP contribution < -0.4 is 25.3 Å². The summed E-state index contributed by atoms with van der Waals surface area (Å²) in [7, 11) is 0. The molecule has 0 bridgehead atoms. The molecule has 21 nitrogen and oxygen atoms in total. The van der Waals surface area contributed by atoms with Gasteiger partial charge in [-0.25, -0.2) is 0 Å². The number of nitriles is 8. The molecule has 2 unspecified atom stereocenters. The third-order valence-corrected chi connectivity index (χ3v) is 9.49. The van der Waals surface area contributed by atoms with E-state index < -0.39 is 18.1 Å². The molecule has 3 aromatic carbocycles. The first-order chi connectivity index (χ1) is 40.2. The molecule has 0 radical (unpaired) electrons. The third-order valence-electron chi connectivity index (χ3n) is 9.49. The van der Waals surface area contributed by atoms with Crippen molar-refractivity contribution in [2.24, 2.45) is 0 Å². The number of benzene rings is 3. The Hall–Kier alpha value is -11.6. The Morgan fingerprint density at radius 1 is 0.560 bits per heavy atom. The predicted octanol–water partition coefficient (Wildman–Crippen LogP) is 8.87. The highest BCUT2D eigenvalue weighted by Gasteiger charge is 2.11. The van der Waals surface area contributed by atoms with Gasteiger partial charge in [0.15, 0.2) is 0 Å². The van der Waals surface area contributed by atoms with Gasteiger partial charge in [0, 0.05) is 79.3 Å². The van der Waals surface area contributed by atoms with Crippen molar-refractivity contribution in [3.8, 4) is 108 Å². The molecule has 0 heterocycles. The summed E-state index contributed by atoms with van der Waals surface area (Å²) in [6, 6.07) is 40.3. The predicted molar refractivity (Wildman–Crippen MR) is 329 cm³/mol. The van der Waals surface area contributed by atoms with E-state index in [4.69, 9.17) is 58.3 Å². The number of nitrogens with one attached hydrogen (secondary N) is 3. The van der Waals surface area contributed by atoms with Crippen molar-refractivity contribution in [2.75, 3.05) is 67.1 Å². The Morgan fingerprint density at radius 3 is 1.18 bits per heavy atom. The molecule has 0 aliphatic carbocycles. The quantitative estimate of drug-likeness (QED) is 0.0112. The van der Waals surface area contributed by atoms with Crippen LogP contribution in [-0.4, -0.2) is 92.9 Å². The summed E-state index contributed by atoms with van der Waals surface area (Å²) in [5, 5.41) is 91.7. The van der Waals surface area contributed by atoms with Gasteiger partial charge in [0.2, 0.25) is 5.91 Å². The van der Waals surface area contributed by atoms with E-state index in [2.05, 4.69) is 111 Å². The number of hydrogen-bond acceptors (Lipinski definition) is 17. The number of aliphatic hydroxyl groups is 2. The van der Waals surface area contributed by atoms with Crippen LogP contribution in [0, 0.1) is 155 Å². The van der Waals surface area contributed by atoms with Gasteiger partial charge in [0.1, 0.15) is 24.3 Å². The Labute approximate surface area is 499 Å². The highest BCUT2D eigenvalue weighted by molar-refractivity contribution is 6.01. The van der Waals surface area contributed by atoms with Gasteiger partial charge in [0.25, 0.3) is 5.91 Å². The molecule has 21 heteroatoms. The number of anilines is 3. The highest BCUT2D eigenvalue weighted by Crippen LogP contribution is 2.19. The third kappa shape index (κ3) is 45.4. The fourth-order valence-electron chi connectivity index (χ4n) is 5.76. The molecule has 0 aromatic heterocycles. The van der Waals surface area contributed by atoms with Crippen LogP contribution in [0.1, 0.15) is 100 Å². The van der Waals surface area contributed by atoms with Crippen LogP contribution >= 0.6 is 0 Å². The molecule has 2 amide bonds. The van der Waals surface area contributed by atoms with Crippen LogP contribution in [0.4, 0.5) is 17.1 Å². The second-order valence-electron chi connectivity index (χ2n) is 15.9. The van der Waals surface area contributed by atoms with Crippen molar-refractivity contribution in [2.45, 2.75) is 92.3 Å². The lowest BCUT2D eigenvalue weighted by Crippen LogP contribution is -2.31. The number of aliphatic hydroxyl groups excluding tert-OH is 2. The fraction of sp³-hybridized carbons (Fsp3) is 0.349. The normalized spacial score (nSPS) is 9.05. The van der Waals surface area contributed by atoms with Gasteiger partial charge >= 0.3 is 0 Å². The van der Waals surface area contributed by atoms with E-state index in [0.29, 0.717) is 88.9 Å². The van der Waals surface area contributed by atoms with Gasteiger partial charge in [-0.1, -0.05) is 49.6 Å². The number of nitrogens with zero attached hydrogens (tertiary/aromatic N) is 13. The van der Waals surface area contributed by atoms with Crippen LogP contribution in [0.3, 0.4) is 0 Å². The summed E-state index contributed by atoms with van der Waals surface area (Å²) in [5.74, 6) is 24.7. The van der Waals surface area contributed by atoms with Crippen LogP contribution in [0.2, 0.25) is 0 Å². The molecule has 0 fully saturated rings. The van der Waals surface area contributed by atoms with Crippen LogP contribution in [0.25, 0.3) is 16.5 Å². The van der Waals surface area contributed by atoms with E-state index in [9.17, 15) is 19.5 Å². The molecule has 0 aliphatic rings. The summed E-state index contributed by atoms with van der Waals surface area (Å²) in [6.07, 6.45) is 3.39. The molecular formula is C63H74N16O5. The van der Waals surface area contributed by atoms with Gasteiger partial charge < -0.3 is 35.5 Å². The average Bonchev–Trinajstić information content (AvgIpc) is 3.60. The summed E-state index contributed by atoms with van der Waals surface area (Å²) >= 11 is 0. The standard InChI is InChI=1S/C19H21N5O2.C13H13N3O.C12H13N3.C12H6.C6H10N2O2.CH4.HN3.3H2/c1-15(25)14-23-19(26)17(13-22)12-16-4-6-18(7-5-16)24(10-2-8-20)11-3-9-21;14-7-1-9-16(10-2-8-15)13-5-3-12(11-17)4-6-13;13-8-4-10-15(11-5-9-14)12-6-2-1-3-7-12;1-3-5-7-9-11-12-10-8-6-4-2;1-5(9)4-8-6(10)2-3-7;;1-3-2;;;/h4-7,12,15,25H,2-3,10-11,14H2,1H3,(H,23,26);3-6,11H,1-2,9-10H2;1-3,6-7H,4-5,10-11H2;1-2H3;5,9H,2,4H2,1H3,(H,8,10);1H4;1H;3*1H/b17-12+;;;;;;;;;. The SMILES string of the molecule is C.CC#CC#CC#CC#CC#CC.CC(O)CNC(=O)/C(C#N)=C/c1ccc(N(CCC#N)CCC#N)cc1.CC(O)CNC(=O)CC#N.N#CCCN(CCC#N)c1ccc(C=O)cc1.N#CCCN(CCC#N)c1ccccc1.[HH].[HH].[HH].[N-]=[N+]=N. The molecule has 436 valence electrons. The molecule has 3 aromatic rings. The second-order valence-corrected chi connectivity index (χ2v) is 15.9. The molecule has 0 saturated heterocycles. The largest absolute Gasteiger partial charge is 0.392 e. The first-order valence-corrected chi connectivity index (χ1v) is 25.1. The van der Waals surface area contributed by atoms with Crippen molar-refractivity contribution in [1.29, 1.82) is 47.6 Å². The van der Waals surface area contributed by atoms with Crippen molar-refractivity contribution >= 4 is 41.2 Å². The van der Waals surface area contributed by atoms with E-state index in [1.807, 2.05) is 70.5 Å². The molecule has 5 N–H and O–H groups in total. The first-order valence-electron chi connectivity index (χ1n) is 25.1. The lowest BCUT2D eigenvalue weighted by atomic mass is 10.1. The van der Waals surface area contributed by atoms with Crippen molar-refractivity contribution in [1.82, 2.24) is 10.6 Å². The first kappa shape index (κ1) is 78.9. The van der Waals surface area contributed by atoms with Crippen molar-refractivity contribution in [3.05, 3.63) is 106 Å². The van der Waals surface area contributed by atoms with Crippen LogP contribution in [0.5, 0.6) is 0 Å². The topological polar surface area (TPSA) is 376 Å². The smallest absolute Gasteiger partial charge is 0.262 e. The molecule has 0 spiro atoms. The summed E-state index contributed by atoms with van der Waals surface area (Å²) < 4.78 is 0. The minimum absolute atomic E-state index is 0. The monoisotopic (exact) mass is 1130 g/mol. The van der Waals surface area contributed by atoms with E-state index in [1.165, 1.54) is 6.08 Å². The second kappa shape index (κ2) is 57.5. The van der Waals surface area contributed by atoms with Crippen molar-refractivity contribution < 1.29 is 28.9 Å². The molecular weight excluding hydrogens is 1060 g/mol. The van der Waals surface area contributed by atoms with E-state index in [0.717, 1.165) is 23.3 Å². The zero-order valence-electron chi connectivity index (χ0n) is 46.9. The van der Waals surface area contributed by atoms with E-state index in [-0.39, 0.29) is 42.7 Å². The maximum Gasteiger partial charge on any atom is 0.262 e.